The van der Waals surface area contributed by atoms with Crippen molar-refractivity contribution in [2.24, 2.45) is 5.73 Å². The lowest BCUT2D eigenvalue weighted by Gasteiger charge is -2.14. The Labute approximate surface area is 104 Å². The predicted molar refractivity (Wildman–Crippen MR) is 69.4 cm³/mol. The van der Waals surface area contributed by atoms with E-state index in [0.29, 0.717) is 0 Å². The summed E-state index contributed by atoms with van der Waals surface area (Å²) in [5.74, 6) is -1.48. The van der Waals surface area contributed by atoms with Gasteiger partial charge < -0.3 is 10.8 Å². The fourth-order valence-corrected chi connectivity index (χ4v) is 2.67. The number of hydrogen-bond acceptors (Lipinski definition) is 4. The Morgan fingerprint density at radius 1 is 1.44 bits per heavy atom. The molecule has 1 unspecified atom stereocenters. The van der Waals surface area contributed by atoms with Gasteiger partial charge in [-0.2, -0.15) is 0 Å². The first kappa shape index (κ1) is 13.4. The summed E-state index contributed by atoms with van der Waals surface area (Å²) < 4.78 is 0. The number of rotatable bonds is 5. The molecule has 0 saturated carbocycles. The van der Waals surface area contributed by atoms with Crippen molar-refractivity contribution < 1.29 is 9.90 Å². The molecular weight excluding hydrogens is 242 g/mol. The van der Waals surface area contributed by atoms with E-state index in [4.69, 9.17) is 10.8 Å². The zero-order chi connectivity index (χ0) is 12.1. The van der Waals surface area contributed by atoms with Crippen molar-refractivity contribution in [2.75, 3.05) is 19.1 Å². The van der Waals surface area contributed by atoms with Crippen molar-refractivity contribution in [2.45, 2.75) is 15.7 Å². The first-order chi connectivity index (χ1) is 7.63. The van der Waals surface area contributed by atoms with Gasteiger partial charge in [0.05, 0.1) is 5.92 Å². The number of carbonyl (C=O) groups is 1. The molecule has 0 aliphatic rings. The Bertz CT molecular complexity index is 382. The van der Waals surface area contributed by atoms with E-state index in [0.717, 1.165) is 15.4 Å². The van der Waals surface area contributed by atoms with Gasteiger partial charge in [-0.25, -0.2) is 0 Å². The molecule has 0 radical (unpaired) electrons. The molecule has 0 aromatic heterocycles. The van der Waals surface area contributed by atoms with Crippen LogP contribution < -0.4 is 5.73 Å². The van der Waals surface area contributed by atoms with Crippen molar-refractivity contribution in [1.29, 1.82) is 0 Å². The van der Waals surface area contributed by atoms with E-state index in [1.54, 1.807) is 23.5 Å². The molecule has 1 rings (SSSR count). The number of nitrogens with two attached hydrogens (primary N) is 1. The van der Waals surface area contributed by atoms with Gasteiger partial charge in [0.1, 0.15) is 0 Å². The van der Waals surface area contributed by atoms with Gasteiger partial charge in [0.15, 0.2) is 0 Å². The van der Waals surface area contributed by atoms with Crippen LogP contribution in [-0.4, -0.2) is 30.1 Å². The first-order valence-electron chi connectivity index (χ1n) is 4.78. The number of carboxylic acids is 1. The van der Waals surface area contributed by atoms with Gasteiger partial charge in [-0.15, -0.1) is 23.5 Å². The number of thioether (sulfide) groups is 2. The highest BCUT2D eigenvalue weighted by Crippen LogP contribution is 2.30. The third-order valence-corrected chi connectivity index (χ3v) is 3.87. The minimum Gasteiger partial charge on any atom is -0.481 e. The lowest BCUT2D eigenvalue weighted by Crippen LogP contribution is -2.21. The lowest BCUT2D eigenvalue weighted by molar-refractivity contribution is -0.138. The quantitative estimate of drug-likeness (QED) is 0.792. The van der Waals surface area contributed by atoms with Crippen LogP contribution in [0.15, 0.2) is 28.0 Å². The maximum atomic E-state index is 11.1. The smallest absolute Gasteiger partial charge is 0.312 e. The second-order valence-corrected chi connectivity index (χ2v) is 4.96. The molecule has 88 valence electrons. The molecule has 3 N–H and O–H groups in total. The third kappa shape index (κ3) is 2.93. The molecule has 0 bridgehead atoms. The van der Waals surface area contributed by atoms with Crippen LogP contribution >= 0.6 is 23.5 Å². The maximum Gasteiger partial charge on any atom is 0.312 e. The summed E-state index contributed by atoms with van der Waals surface area (Å²) in [5, 5.41) is 9.08. The Hall–Kier alpha value is -0.650. The standard InChI is InChI=1S/C11H15NO2S2/c1-15-7-3-4-8(10(5-7)16-2)9(6-12)11(13)14/h3-5,9H,6,12H2,1-2H3,(H,13,14). The van der Waals surface area contributed by atoms with Gasteiger partial charge in [-0.05, 0) is 30.2 Å². The van der Waals surface area contributed by atoms with Gasteiger partial charge >= 0.3 is 5.97 Å². The van der Waals surface area contributed by atoms with Crippen LogP contribution in [0.2, 0.25) is 0 Å². The minimum absolute atomic E-state index is 0.126. The largest absolute Gasteiger partial charge is 0.481 e. The van der Waals surface area contributed by atoms with Crippen molar-refractivity contribution in [3.63, 3.8) is 0 Å². The van der Waals surface area contributed by atoms with E-state index in [2.05, 4.69) is 0 Å². The van der Waals surface area contributed by atoms with Gasteiger partial charge in [-0.1, -0.05) is 6.07 Å². The Balaban J connectivity index is 3.16. The Kier molecular flexibility index (Phi) is 5.18. The highest BCUT2D eigenvalue weighted by atomic mass is 32.2. The molecule has 16 heavy (non-hydrogen) atoms. The predicted octanol–water partition coefficient (Wildman–Crippen LogP) is 2.26. The molecule has 1 aromatic carbocycles. The van der Waals surface area contributed by atoms with Crippen LogP contribution in [0.1, 0.15) is 11.5 Å². The Morgan fingerprint density at radius 3 is 2.56 bits per heavy atom. The van der Waals surface area contributed by atoms with Crippen molar-refractivity contribution in [1.82, 2.24) is 0 Å². The zero-order valence-corrected chi connectivity index (χ0v) is 10.9. The average Bonchev–Trinajstić information content (AvgIpc) is 2.29. The van der Waals surface area contributed by atoms with Gasteiger partial charge in [0, 0.05) is 16.3 Å². The van der Waals surface area contributed by atoms with Crippen LogP contribution in [0.3, 0.4) is 0 Å². The second kappa shape index (κ2) is 6.18. The molecule has 1 aromatic rings. The lowest BCUT2D eigenvalue weighted by atomic mass is 9.99. The van der Waals surface area contributed by atoms with Crippen LogP contribution in [0.5, 0.6) is 0 Å². The van der Waals surface area contributed by atoms with Crippen LogP contribution in [-0.2, 0) is 4.79 Å². The van der Waals surface area contributed by atoms with Crippen molar-refractivity contribution in [3.05, 3.63) is 23.8 Å². The third-order valence-electron chi connectivity index (χ3n) is 2.35. The monoisotopic (exact) mass is 257 g/mol. The van der Waals surface area contributed by atoms with E-state index >= 15 is 0 Å². The molecule has 3 nitrogen and oxygen atoms in total. The minimum atomic E-state index is -0.866. The average molecular weight is 257 g/mol. The molecule has 5 heteroatoms. The summed E-state index contributed by atoms with van der Waals surface area (Å²) in [6.07, 6.45) is 3.94. The first-order valence-corrected chi connectivity index (χ1v) is 7.23. The van der Waals surface area contributed by atoms with Gasteiger partial charge in [0.2, 0.25) is 0 Å². The normalized spacial score (nSPS) is 12.4. The maximum absolute atomic E-state index is 11.1. The van der Waals surface area contributed by atoms with E-state index in [1.165, 1.54) is 0 Å². The number of carboxylic acid groups (broad SMARTS) is 1. The van der Waals surface area contributed by atoms with Crippen LogP contribution in [0, 0.1) is 0 Å². The van der Waals surface area contributed by atoms with E-state index in [1.807, 2.05) is 30.7 Å². The van der Waals surface area contributed by atoms with Gasteiger partial charge in [0.25, 0.3) is 0 Å². The summed E-state index contributed by atoms with van der Waals surface area (Å²) >= 11 is 3.20. The number of benzene rings is 1. The van der Waals surface area contributed by atoms with E-state index in [-0.39, 0.29) is 6.54 Å². The molecule has 1 atom stereocenters. The fraction of sp³-hybridized carbons (Fsp3) is 0.364. The second-order valence-electron chi connectivity index (χ2n) is 3.23. The molecule has 0 heterocycles. The summed E-state index contributed by atoms with van der Waals surface area (Å²) in [7, 11) is 0. The van der Waals surface area contributed by atoms with Crippen LogP contribution in [0.4, 0.5) is 0 Å². The zero-order valence-electron chi connectivity index (χ0n) is 9.27. The van der Waals surface area contributed by atoms with Crippen LogP contribution in [0.25, 0.3) is 0 Å². The molecule has 0 spiro atoms. The Morgan fingerprint density at radius 2 is 2.12 bits per heavy atom. The fourth-order valence-electron chi connectivity index (χ4n) is 1.47. The highest BCUT2D eigenvalue weighted by Gasteiger charge is 2.20. The van der Waals surface area contributed by atoms with Crippen molar-refractivity contribution in [3.8, 4) is 0 Å². The number of hydrogen-bond donors (Lipinski definition) is 2. The highest BCUT2D eigenvalue weighted by molar-refractivity contribution is 7.99. The summed E-state index contributed by atoms with van der Waals surface area (Å²) in [6, 6.07) is 5.81. The SMILES string of the molecule is CSc1ccc(C(CN)C(=O)O)c(SC)c1. The van der Waals surface area contributed by atoms with Crippen molar-refractivity contribution >= 4 is 29.5 Å². The topological polar surface area (TPSA) is 63.3 Å². The molecule has 0 saturated heterocycles. The molecule has 0 aliphatic heterocycles. The summed E-state index contributed by atoms with van der Waals surface area (Å²) in [4.78, 5) is 13.2. The summed E-state index contributed by atoms with van der Waals surface area (Å²) in [5.41, 5.74) is 6.31. The number of aliphatic carboxylic acids is 1. The molecular formula is C11H15NO2S2. The molecule has 0 amide bonds. The summed E-state index contributed by atoms with van der Waals surface area (Å²) in [6.45, 7) is 0.126. The van der Waals surface area contributed by atoms with E-state index in [9.17, 15) is 4.79 Å². The molecule has 0 aliphatic carbocycles. The molecule has 0 fully saturated rings. The van der Waals surface area contributed by atoms with Gasteiger partial charge in [-0.3, -0.25) is 4.79 Å². The van der Waals surface area contributed by atoms with E-state index < -0.39 is 11.9 Å².